The second-order valence-electron chi connectivity index (χ2n) is 11.0. The summed E-state index contributed by atoms with van der Waals surface area (Å²) >= 11 is 7.87. The Morgan fingerprint density at radius 1 is 0.688 bits per heavy atom. The van der Waals surface area contributed by atoms with Crippen LogP contribution in [0.25, 0.3) is 11.1 Å². The van der Waals surface area contributed by atoms with Crippen LogP contribution in [0.15, 0.2) is 46.1 Å². The summed E-state index contributed by atoms with van der Waals surface area (Å²) in [7, 11) is -0.757. The van der Waals surface area contributed by atoms with Crippen molar-refractivity contribution in [2.45, 2.75) is 65.1 Å². The fourth-order valence-corrected chi connectivity index (χ4v) is 5.67. The summed E-state index contributed by atoms with van der Waals surface area (Å²) in [6, 6.07) is 3.10. The molecule has 0 bridgehead atoms. The summed E-state index contributed by atoms with van der Waals surface area (Å²) in [5, 5.41) is 0. The maximum Gasteiger partial charge on any atom is 0.498 e. The molecular weight excluding hydrogens is 902 g/mol. The van der Waals surface area contributed by atoms with Crippen LogP contribution in [-0.2, 0) is 21.7 Å². The minimum absolute atomic E-state index is 0.0117. The van der Waals surface area contributed by atoms with Crippen molar-refractivity contribution in [2.75, 3.05) is 0 Å². The van der Waals surface area contributed by atoms with Crippen LogP contribution in [0, 0.1) is 29.1 Å². The van der Waals surface area contributed by atoms with Crippen LogP contribution in [0.2, 0.25) is 0 Å². The molecule has 0 spiro atoms. The Balaban J connectivity index is 0.000000205. The second kappa shape index (κ2) is 15.2. The minimum atomic E-state index is -4.62. The first-order valence-electron chi connectivity index (χ1n) is 13.4. The van der Waals surface area contributed by atoms with Crippen LogP contribution in [0.5, 0.6) is 0 Å². The number of hydrogen-bond acceptors (Lipinski definition) is 8. The van der Waals surface area contributed by atoms with Gasteiger partial charge in [-0.25, -0.2) is 38.7 Å². The topological polar surface area (TPSA) is 95.8 Å². The van der Waals surface area contributed by atoms with E-state index < -0.39 is 48.1 Å². The van der Waals surface area contributed by atoms with Crippen LogP contribution in [0.3, 0.4) is 0 Å². The Hall–Kier alpha value is -2.43. The molecule has 20 heteroatoms. The molecule has 1 aliphatic rings. The summed E-state index contributed by atoms with van der Waals surface area (Å²) in [5.41, 5.74) is 0.832. The second-order valence-corrected chi connectivity index (χ2v) is 13.6. The number of alkyl halides is 6. The quantitative estimate of drug-likeness (QED) is 0.0857. The molecule has 1 fully saturated rings. The highest BCUT2D eigenvalue weighted by Crippen LogP contribution is 2.36. The van der Waals surface area contributed by atoms with E-state index in [4.69, 9.17) is 9.31 Å². The highest BCUT2D eigenvalue weighted by molar-refractivity contribution is 14.1. The summed E-state index contributed by atoms with van der Waals surface area (Å²) in [4.78, 5) is 20.7. The van der Waals surface area contributed by atoms with E-state index in [2.05, 4.69) is 61.8 Å². The molecule has 0 amide bonds. The van der Waals surface area contributed by atoms with Crippen molar-refractivity contribution in [1.29, 1.82) is 0 Å². The van der Waals surface area contributed by atoms with E-state index in [1.165, 1.54) is 6.07 Å². The van der Waals surface area contributed by atoms with Gasteiger partial charge >= 0.3 is 19.5 Å². The molecule has 0 unspecified atom stereocenters. The Labute approximate surface area is 300 Å². The van der Waals surface area contributed by atoms with E-state index in [-0.39, 0.29) is 26.2 Å². The zero-order valence-corrected chi connectivity index (χ0v) is 31.0. The zero-order valence-electron chi connectivity index (χ0n) is 25.7. The zero-order chi connectivity index (χ0) is 36.4. The summed E-state index contributed by atoms with van der Waals surface area (Å²) < 4.78 is 113. The number of aromatic nitrogens is 6. The Morgan fingerprint density at radius 2 is 1.08 bits per heavy atom. The molecule has 48 heavy (non-hydrogen) atoms. The molecule has 0 saturated carbocycles. The van der Waals surface area contributed by atoms with Crippen molar-refractivity contribution in [2.24, 2.45) is 0 Å². The van der Waals surface area contributed by atoms with E-state index in [0.29, 0.717) is 14.7 Å². The van der Waals surface area contributed by atoms with Gasteiger partial charge in [0, 0.05) is 52.8 Å². The highest BCUT2D eigenvalue weighted by Gasteiger charge is 2.52. The van der Waals surface area contributed by atoms with E-state index in [1.807, 2.05) is 57.2 Å². The molecule has 0 N–H and O–H groups in total. The molecule has 5 rings (SSSR count). The third kappa shape index (κ3) is 10.1. The van der Waals surface area contributed by atoms with E-state index >= 15 is 0 Å². The smallest absolute Gasteiger partial charge is 0.399 e. The first kappa shape index (κ1) is 40.0. The molecule has 4 aromatic heterocycles. The van der Waals surface area contributed by atoms with Gasteiger partial charge in [0.05, 0.1) is 14.8 Å². The lowest BCUT2D eigenvalue weighted by Crippen LogP contribution is -2.41. The molecule has 258 valence electrons. The number of nitrogens with zero attached hydrogens (tertiary/aromatic N) is 6. The molecule has 0 radical (unpaired) electrons. The van der Waals surface area contributed by atoms with Gasteiger partial charge in [0.25, 0.3) is 0 Å². The molecule has 0 aliphatic carbocycles. The SMILES string of the molecule is CC1(C)OB(c2cnc(C(F)(F)F)nc2)OC1(C)C.Cc1cc(-c2cnc(C(F)(F)F)nc2)c(F)c(Br)n1.Cc1cc(I)c(F)c(Br)n1. The third-order valence-electron chi connectivity index (χ3n) is 6.71. The Morgan fingerprint density at radius 3 is 1.50 bits per heavy atom. The summed E-state index contributed by atoms with van der Waals surface area (Å²) in [6.45, 7) is 10.9. The van der Waals surface area contributed by atoms with Crippen LogP contribution in [0.1, 0.15) is 50.7 Å². The average molecular weight is 926 g/mol. The Kier molecular flexibility index (Phi) is 12.7. The van der Waals surface area contributed by atoms with Crippen molar-refractivity contribution >= 4 is 67.0 Å². The Bertz CT molecular complexity index is 1710. The van der Waals surface area contributed by atoms with Crippen molar-refractivity contribution in [3.63, 3.8) is 0 Å². The lowest BCUT2D eigenvalue weighted by Gasteiger charge is -2.32. The minimum Gasteiger partial charge on any atom is -0.399 e. The van der Waals surface area contributed by atoms with Crippen LogP contribution < -0.4 is 5.46 Å². The third-order valence-corrected chi connectivity index (χ3v) is 8.55. The fraction of sp³-hybridized carbons (Fsp3) is 0.357. The highest BCUT2D eigenvalue weighted by atomic mass is 127. The van der Waals surface area contributed by atoms with Gasteiger partial charge in [-0.15, -0.1) is 0 Å². The van der Waals surface area contributed by atoms with Gasteiger partial charge in [-0.2, -0.15) is 26.3 Å². The summed E-state index contributed by atoms with van der Waals surface area (Å²) in [6.07, 6.45) is -5.14. The molecule has 4 aromatic rings. The van der Waals surface area contributed by atoms with Crippen molar-refractivity contribution in [3.8, 4) is 11.1 Å². The number of pyridine rings is 2. The molecular formula is C28H24BBr2F8IN6O2. The molecule has 1 aliphatic heterocycles. The van der Waals surface area contributed by atoms with Gasteiger partial charge in [-0.1, -0.05) is 0 Å². The number of aryl methyl sites for hydroxylation is 2. The predicted molar refractivity (Wildman–Crippen MR) is 175 cm³/mol. The monoisotopic (exact) mass is 924 g/mol. The lowest BCUT2D eigenvalue weighted by atomic mass is 9.81. The first-order chi connectivity index (χ1) is 21.9. The molecule has 0 atom stereocenters. The fourth-order valence-electron chi connectivity index (χ4n) is 3.61. The molecule has 5 heterocycles. The van der Waals surface area contributed by atoms with E-state index in [9.17, 15) is 35.1 Å². The predicted octanol–water partition coefficient (Wildman–Crippen LogP) is 8.46. The van der Waals surface area contributed by atoms with Crippen molar-refractivity contribution in [1.82, 2.24) is 29.9 Å². The van der Waals surface area contributed by atoms with Crippen molar-refractivity contribution < 1.29 is 44.4 Å². The van der Waals surface area contributed by atoms with E-state index in [1.54, 1.807) is 13.0 Å². The molecule has 0 aromatic carbocycles. The maximum absolute atomic E-state index is 13.8. The van der Waals surface area contributed by atoms with Gasteiger partial charge < -0.3 is 9.31 Å². The molecule has 8 nitrogen and oxygen atoms in total. The normalized spacial score (nSPS) is 15.3. The van der Waals surface area contributed by atoms with Gasteiger partial charge in [0.1, 0.15) is 9.21 Å². The van der Waals surface area contributed by atoms with Crippen molar-refractivity contribution in [3.05, 3.63) is 84.4 Å². The summed E-state index contributed by atoms with van der Waals surface area (Å²) in [5.74, 6) is -3.39. The number of hydrogen-bond donors (Lipinski definition) is 0. The van der Waals surface area contributed by atoms with Gasteiger partial charge in [0.15, 0.2) is 11.6 Å². The van der Waals surface area contributed by atoms with E-state index in [0.717, 1.165) is 30.5 Å². The average Bonchev–Trinajstić information content (AvgIpc) is 3.19. The lowest BCUT2D eigenvalue weighted by molar-refractivity contribution is -0.145. The van der Waals surface area contributed by atoms with Gasteiger partial charge in [-0.05, 0) is 108 Å². The van der Waals surface area contributed by atoms with Crippen LogP contribution in [-0.4, -0.2) is 48.2 Å². The standard InChI is InChI=1S/C11H14BF3N2O2.C11H6BrF4N3.C6H4BrFIN/c1-9(2)10(3,4)19-12(18-9)7-5-16-8(17-6-7)11(13,14)15;1-5-2-7(8(13)9(12)19-5)6-3-17-10(18-4-6)11(14,15)16;1-3-2-4(9)5(8)6(7)10-3/h5-6H,1-4H3;2-4H,1H3;2H,1H3. The van der Waals surface area contributed by atoms with Gasteiger partial charge in [-0.3, -0.25) is 0 Å². The molecule has 1 saturated heterocycles. The number of halogens is 11. The van der Waals surface area contributed by atoms with Gasteiger partial charge in [0.2, 0.25) is 11.6 Å². The maximum atomic E-state index is 13.8. The first-order valence-corrected chi connectivity index (χ1v) is 16.0. The number of rotatable bonds is 2. The largest absolute Gasteiger partial charge is 0.498 e. The van der Waals surface area contributed by atoms with Crippen LogP contribution in [0.4, 0.5) is 35.1 Å². The van der Waals surface area contributed by atoms with Crippen LogP contribution >= 0.6 is 54.5 Å².